The van der Waals surface area contributed by atoms with E-state index in [1.54, 1.807) is 6.07 Å². The number of nitro groups is 1. The van der Waals surface area contributed by atoms with Crippen molar-refractivity contribution < 1.29 is 14.8 Å². The lowest BCUT2D eigenvalue weighted by Crippen LogP contribution is -2.31. The fourth-order valence-electron chi connectivity index (χ4n) is 1.51. The number of aliphatic carboxylic acids is 1. The molecule has 0 bridgehead atoms. The summed E-state index contributed by atoms with van der Waals surface area (Å²) in [7, 11) is 0. The maximum Gasteiger partial charge on any atom is 0.329 e. The zero-order valence-corrected chi connectivity index (χ0v) is 9.08. The predicted octanol–water partition coefficient (Wildman–Crippen LogP) is 0.891. The monoisotopic (exact) mass is 248 g/mol. The Balaban J connectivity index is 2.29. The number of nitrogens with one attached hydrogen (secondary N) is 1. The van der Waals surface area contributed by atoms with Gasteiger partial charge in [0.2, 0.25) is 5.69 Å². The van der Waals surface area contributed by atoms with Crippen LogP contribution in [-0.4, -0.2) is 26.5 Å². The molecular weight excluding hydrogens is 240 g/mol. The highest BCUT2D eigenvalue weighted by molar-refractivity contribution is 5.86. The molecule has 0 spiro atoms. The molecule has 0 aliphatic heterocycles. The minimum atomic E-state index is -1.05. The van der Waals surface area contributed by atoms with Crippen LogP contribution in [0.25, 0.3) is 0 Å². The first-order chi connectivity index (χ1) is 8.48. The summed E-state index contributed by atoms with van der Waals surface area (Å²) < 4.78 is 0. The lowest BCUT2D eigenvalue weighted by atomic mass is 10.2. The van der Waals surface area contributed by atoms with Crippen LogP contribution in [0.2, 0.25) is 0 Å². The minimum Gasteiger partial charge on any atom is -0.480 e. The molecular formula is C10H8N4O4. The number of nitriles is 1. The molecule has 0 amide bonds. The Bertz CT molecular complexity index is 574. The van der Waals surface area contributed by atoms with E-state index < -0.39 is 22.1 Å². The van der Waals surface area contributed by atoms with Crippen molar-refractivity contribution >= 4 is 17.5 Å². The molecule has 1 aliphatic carbocycles. The third-order valence-electron chi connectivity index (χ3n) is 2.70. The lowest BCUT2D eigenvalue weighted by molar-refractivity contribution is -0.385. The molecule has 8 nitrogen and oxygen atoms in total. The molecule has 1 heterocycles. The average molecular weight is 248 g/mol. The van der Waals surface area contributed by atoms with E-state index in [4.69, 9.17) is 10.4 Å². The molecule has 1 saturated carbocycles. The number of hydrogen-bond acceptors (Lipinski definition) is 6. The number of pyridine rings is 1. The van der Waals surface area contributed by atoms with Crippen LogP contribution in [-0.2, 0) is 4.79 Å². The van der Waals surface area contributed by atoms with Crippen molar-refractivity contribution in [3.05, 3.63) is 27.9 Å². The zero-order valence-electron chi connectivity index (χ0n) is 9.08. The van der Waals surface area contributed by atoms with Gasteiger partial charge in [-0.2, -0.15) is 5.26 Å². The van der Waals surface area contributed by atoms with Crippen LogP contribution in [0.4, 0.5) is 11.5 Å². The van der Waals surface area contributed by atoms with E-state index in [0.29, 0.717) is 12.8 Å². The van der Waals surface area contributed by atoms with Crippen LogP contribution >= 0.6 is 0 Å². The van der Waals surface area contributed by atoms with E-state index in [2.05, 4.69) is 10.3 Å². The van der Waals surface area contributed by atoms with Gasteiger partial charge in [0, 0.05) is 6.07 Å². The quantitative estimate of drug-likeness (QED) is 0.597. The summed E-state index contributed by atoms with van der Waals surface area (Å²) in [4.78, 5) is 24.6. The summed E-state index contributed by atoms with van der Waals surface area (Å²) in [6, 6.07) is 4.04. The highest BCUT2D eigenvalue weighted by Gasteiger charge is 2.50. The molecule has 8 heteroatoms. The zero-order chi connectivity index (χ0) is 13.3. The van der Waals surface area contributed by atoms with E-state index in [1.807, 2.05) is 0 Å². The Hall–Kier alpha value is -2.69. The van der Waals surface area contributed by atoms with Crippen molar-refractivity contribution in [2.24, 2.45) is 0 Å². The summed E-state index contributed by atoms with van der Waals surface area (Å²) in [5, 5.41) is 31.0. The standard InChI is InChI=1S/C10H8N4O4/c11-5-6-7(14(17)18)1-2-8(12-6)13-10(3-4-10)9(15)16/h1-2H,3-4H2,(H,12,13)(H,15,16). The maximum atomic E-state index is 11.0. The van der Waals surface area contributed by atoms with Crippen molar-refractivity contribution in [2.75, 3.05) is 5.32 Å². The van der Waals surface area contributed by atoms with E-state index >= 15 is 0 Å². The first kappa shape index (κ1) is 11.8. The van der Waals surface area contributed by atoms with Crippen molar-refractivity contribution in [3.63, 3.8) is 0 Å². The van der Waals surface area contributed by atoms with Gasteiger partial charge in [0.05, 0.1) is 4.92 Å². The second kappa shape index (κ2) is 3.96. The second-order valence-electron chi connectivity index (χ2n) is 3.95. The summed E-state index contributed by atoms with van der Waals surface area (Å²) in [5.74, 6) is -0.849. The Kier molecular flexibility index (Phi) is 2.59. The van der Waals surface area contributed by atoms with E-state index in [9.17, 15) is 14.9 Å². The number of nitrogens with zero attached hydrogens (tertiary/aromatic N) is 3. The largest absolute Gasteiger partial charge is 0.480 e. The Morgan fingerprint density at radius 1 is 1.61 bits per heavy atom. The molecule has 0 atom stereocenters. The molecule has 2 N–H and O–H groups in total. The Morgan fingerprint density at radius 2 is 2.28 bits per heavy atom. The maximum absolute atomic E-state index is 11.0. The van der Waals surface area contributed by atoms with Crippen LogP contribution in [0, 0.1) is 21.4 Å². The van der Waals surface area contributed by atoms with Gasteiger partial charge < -0.3 is 10.4 Å². The molecule has 1 aromatic rings. The van der Waals surface area contributed by atoms with Crippen LogP contribution in [0.1, 0.15) is 18.5 Å². The Labute approximate surface area is 101 Å². The first-order valence-corrected chi connectivity index (χ1v) is 5.06. The summed E-state index contributed by atoms with van der Waals surface area (Å²) in [5.41, 5.74) is -1.79. The number of hydrogen-bond donors (Lipinski definition) is 2. The van der Waals surface area contributed by atoms with E-state index in [0.717, 1.165) is 6.07 Å². The third kappa shape index (κ3) is 1.93. The second-order valence-corrected chi connectivity index (χ2v) is 3.95. The van der Waals surface area contributed by atoms with Gasteiger partial charge in [0.1, 0.15) is 17.4 Å². The SMILES string of the molecule is N#Cc1nc(NC2(C(=O)O)CC2)ccc1[N+](=O)[O-]. The van der Waals surface area contributed by atoms with Gasteiger partial charge >= 0.3 is 11.7 Å². The normalized spacial score (nSPS) is 15.5. The van der Waals surface area contributed by atoms with E-state index in [-0.39, 0.29) is 11.5 Å². The highest BCUT2D eigenvalue weighted by Crippen LogP contribution is 2.39. The van der Waals surface area contributed by atoms with Crippen molar-refractivity contribution in [1.29, 1.82) is 5.26 Å². The topological polar surface area (TPSA) is 129 Å². The molecule has 0 unspecified atom stereocenters. The van der Waals surface area contributed by atoms with Crippen molar-refractivity contribution in [2.45, 2.75) is 18.4 Å². The van der Waals surface area contributed by atoms with Gasteiger partial charge in [0.15, 0.2) is 0 Å². The van der Waals surface area contributed by atoms with Crippen LogP contribution in [0.5, 0.6) is 0 Å². The Morgan fingerprint density at radius 3 is 2.72 bits per heavy atom. The van der Waals surface area contributed by atoms with Gasteiger partial charge in [-0.25, -0.2) is 9.78 Å². The smallest absolute Gasteiger partial charge is 0.329 e. The van der Waals surface area contributed by atoms with Gasteiger partial charge in [0.25, 0.3) is 0 Å². The molecule has 0 aromatic carbocycles. The number of rotatable bonds is 4. The third-order valence-corrected chi connectivity index (χ3v) is 2.70. The number of carbonyl (C=O) groups is 1. The van der Waals surface area contributed by atoms with Gasteiger partial charge in [-0.1, -0.05) is 0 Å². The summed E-state index contributed by atoms with van der Waals surface area (Å²) in [6.07, 6.45) is 0.922. The lowest BCUT2D eigenvalue weighted by Gasteiger charge is -2.12. The van der Waals surface area contributed by atoms with Gasteiger partial charge in [-0.15, -0.1) is 0 Å². The number of carboxylic acid groups (broad SMARTS) is 1. The van der Waals surface area contributed by atoms with Crippen molar-refractivity contribution in [1.82, 2.24) is 4.98 Å². The fraction of sp³-hybridized carbons (Fsp3) is 0.300. The number of anilines is 1. The predicted molar refractivity (Wildman–Crippen MR) is 58.8 cm³/mol. The van der Waals surface area contributed by atoms with Crippen molar-refractivity contribution in [3.8, 4) is 6.07 Å². The molecule has 1 aromatic heterocycles. The molecule has 2 rings (SSSR count). The molecule has 0 saturated heterocycles. The molecule has 1 aliphatic rings. The molecule has 0 radical (unpaired) electrons. The van der Waals surface area contributed by atoms with Crippen LogP contribution in [0.3, 0.4) is 0 Å². The van der Waals surface area contributed by atoms with Gasteiger partial charge in [-0.3, -0.25) is 10.1 Å². The number of carboxylic acids is 1. The van der Waals surface area contributed by atoms with Crippen LogP contribution in [0.15, 0.2) is 12.1 Å². The van der Waals surface area contributed by atoms with Gasteiger partial charge in [-0.05, 0) is 18.9 Å². The average Bonchev–Trinajstić information content (AvgIpc) is 3.09. The summed E-state index contributed by atoms with van der Waals surface area (Å²) in [6.45, 7) is 0. The minimum absolute atomic E-state index is 0.150. The molecule has 92 valence electrons. The first-order valence-electron chi connectivity index (χ1n) is 5.06. The highest BCUT2D eigenvalue weighted by atomic mass is 16.6. The van der Waals surface area contributed by atoms with E-state index in [1.165, 1.54) is 6.07 Å². The van der Waals surface area contributed by atoms with Crippen LogP contribution < -0.4 is 5.32 Å². The summed E-state index contributed by atoms with van der Waals surface area (Å²) >= 11 is 0. The molecule has 1 fully saturated rings. The molecule has 18 heavy (non-hydrogen) atoms. The number of aromatic nitrogens is 1. The fourth-order valence-corrected chi connectivity index (χ4v) is 1.51.